The van der Waals surface area contributed by atoms with Crippen LogP contribution in [0, 0.1) is 0 Å². The van der Waals surface area contributed by atoms with Crippen molar-refractivity contribution in [1.82, 2.24) is 15.0 Å². The van der Waals surface area contributed by atoms with Crippen LogP contribution in [0.5, 0.6) is 17.2 Å². The zero-order valence-corrected chi connectivity index (χ0v) is 60.2. The van der Waals surface area contributed by atoms with E-state index in [0.717, 1.165) is 97.7 Å². The van der Waals surface area contributed by atoms with Crippen LogP contribution in [0.2, 0.25) is 0 Å². The van der Waals surface area contributed by atoms with E-state index in [4.69, 9.17) is 35.4 Å². The lowest BCUT2D eigenvalue weighted by Gasteiger charge is -2.28. The number of hydrogen-bond acceptors (Lipinski definition) is 13. The van der Waals surface area contributed by atoms with Crippen LogP contribution in [0.4, 0.5) is 11.6 Å². The summed E-state index contributed by atoms with van der Waals surface area (Å²) < 4.78 is 0. The minimum atomic E-state index is -0.798. The molecule has 4 aromatic rings. The number of hydrogen-bond donors (Lipinski definition) is 8. The molecule has 0 atom stereocenters. The number of aliphatic hydroxyl groups excluding tert-OH is 2. The first-order valence-corrected chi connectivity index (χ1v) is 34.7. The van der Waals surface area contributed by atoms with Crippen LogP contribution in [0.1, 0.15) is 299 Å². The summed E-state index contributed by atoms with van der Waals surface area (Å²) in [5.74, 6) is 2.09. The third kappa shape index (κ3) is 31.9. The predicted octanol–water partition coefficient (Wildman–Crippen LogP) is 19.4. The first-order valence-electron chi connectivity index (χ1n) is 32.8. The zero-order chi connectivity index (χ0) is 67.3. The number of carboxylic acid groups (broad SMARTS) is 2. The Kier molecular flexibility index (Phi) is 36.1. The van der Waals surface area contributed by atoms with Gasteiger partial charge in [-0.25, -0.2) is 0 Å². The predicted molar refractivity (Wildman–Crippen MR) is 372 cm³/mol. The molecule has 0 aliphatic carbocycles. The smallest absolute Gasteiger partial charge is 0.303 e. The molecule has 8 N–H and O–H groups in total. The molecule has 3 aromatic carbocycles. The van der Waals surface area contributed by atoms with Crippen molar-refractivity contribution >= 4 is 47.1 Å². The number of aryl methyl sites for hydroxylation is 2. The summed E-state index contributed by atoms with van der Waals surface area (Å²) in [5.41, 5.74) is 7.11. The molecule has 15 heteroatoms. The number of unbranched alkanes of at least 4 members (excludes halogenated alkanes) is 13. The molecule has 0 aliphatic heterocycles. The molecule has 1 aromatic heterocycles. The number of nitrogens with zero attached hydrogens (tertiary/aromatic N) is 3. The maximum atomic E-state index is 11.1. The average molecular weight is 1260 g/mol. The van der Waals surface area contributed by atoms with Gasteiger partial charge in [-0.15, -0.1) is 0 Å². The fraction of sp³-hybridized carbons (Fsp3) is 0.685. The third-order valence-corrected chi connectivity index (χ3v) is 16.8. The number of phenols is 3. The molecule has 0 radical (unpaired) electrons. The Labute approximate surface area is 542 Å². The monoisotopic (exact) mass is 1260 g/mol. The first kappa shape index (κ1) is 81.4. The van der Waals surface area contributed by atoms with Crippen molar-refractivity contribution in [2.24, 2.45) is 0 Å². The van der Waals surface area contributed by atoms with E-state index in [2.05, 4.69) is 144 Å². The number of phenolic OH excluding ortho intramolecular Hbond substituents is 3. The van der Waals surface area contributed by atoms with Gasteiger partial charge in [0.25, 0.3) is 0 Å². The largest absolute Gasteiger partial charge is 0.507 e. The molecule has 0 saturated carbocycles. The van der Waals surface area contributed by atoms with Crippen molar-refractivity contribution in [3.8, 4) is 17.2 Å². The number of thioether (sulfide) groups is 2. The topological polar surface area (TPSA) is 226 Å². The van der Waals surface area contributed by atoms with Crippen LogP contribution in [0.15, 0.2) is 46.7 Å². The minimum absolute atomic E-state index is 0.109. The van der Waals surface area contributed by atoms with Crippen molar-refractivity contribution in [3.63, 3.8) is 0 Å². The summed E-state index contributed by atoms with van der Waals surface area (Å²) in [6.07, 6.45) is 20.4. The molecule has 0 aliphatic rings. The number of aliphatic hydroxyl groups is 2. The minimum Gasteiger partial charge on any atom is -0.507 e. The van der Waals surface area contributed by atoms with Crippen molar-refractivity contribution in [1.29, 1.82) is 0 Å². The van der Waals surface area contributed by atoms with Gasteiger partial charge in [0.1, 0.15) is 17.2 Å². The number of carboxylic acids is 2. The highest BCUT2D eigenvalue weighted by molar-refractivity contribution is 7.99. The van der Waals surface area contributed by atoms with E-state index in [1.165, 1.54) is 77.0 Å². The summed E-state index contributed by atoms with van der Waals surface area (Å²) in [5, 5.41) is 71.6. The number of aliphatic carboxylic acids is 2. The number of aromatic hydroxyl groups is 3. The van der Waals surface area contributed by atoms with Crippen molar-refractivity contribution in [3.05, 3.63) is 80.9 Å². The van der Waals surface area contributed by atoms with Crippen LogP contribution in [0.25, 0.3) is 0 Å². The van der Waals surface area contributed by atoms with Gasteiger partial charge in [-0.05, 0) is 117 Å². The normalized spacial score (nSPS) is 12.1. The highest BCUT2D eigenvalue weighted by atomic mass is 32.2. The van der Waals surface area contributed by atoms with E-state index in [9.17, 15) is 24.9 Å². The van der Waals surface area contributed by atoms with E-state index in [1.807, 2.05) is 36.4 Å². The molecule has 0 spiro atoms. The first-order chi connectivity index (χ1) is 40.7. The molecule has 500 valence electrons. The van der Waals surface area contributed by atoms with E-state index in [-0.39, 0.29) is 58.5 Å². The van der Waals surface area contributed by atoms with Gasteiger partial charge in [0.15, 0.2) is 10.3 Å². The summed E-state index contributed by atoms with van der Waals surface area (Å²) in [6, 6.07) is 11.8. The van der Waals surface area contributed by atoms with Crippen LogP contribution < -0.4 is 5.32 Å². The van der Waals surface area contributed by atoms with Gasteiger partial charge in [0.2, 0.25) is 5.95 Å². The van der Waals surface area contributed by atoms with Crippen molar-refractivity contribution < 1.29 is 45.3 Å². The second-order valence-corrected chi connectivity index (χ2v) is 31.9. The quantitative estimate of drug-likeness (QED) is 0.0144. The standard InChI is InChI=1S/C33H56N4OS2.2C17H26O3.C6H14O2/c1-9-11-13-15-17-19-21-39-30-35-29(36-31(37-30)40-22-20-18-16-14-12-10-2)34-25-23-26(32(3,4)5)28(38)27(24-25)33(6,7)8;2*1-16(2,3)12-9-11(7-8-14(18)19)10-13(15(12)20)17(4,5)6;7-5-3-1-2-4-6-8/h23-24,38H,9-22H2,1-8H3,(H,34,35,36,37);2*9-10,20H,7-8H2,1-6H3,(H,18,19);7-8H,1-6H2. The average Bonchev–Trinajstić information content (AvgIpc) is 3.62. The van der Waals surface area contributed by atoms with Gasteiger partial charge >= 0.3 is 11.9 Å². The number of nitrogens with one attached hydrogen (secondary N) is 1. The molecule has 1 heterocycles. The number of carbonyl (C=O) groups is 2. The third-order valence-electron chi connectivity index (χ3n) is 14.9. The SMILES string of the molecule is CC(C)(C)c1cc(CCC(=O)O)cc(C(C)(C)C)c1O.CC(C)(C)c1cc(CCC(=O)O)cc(C(C)(C)C)c1O.CCCCCCCCSc1nc(Nc2cc(C(C)(C)C)c(O)c(C(C)(C)C)c2)nc(SCCCCCCCC)n1.OCCCCCCO. The molecular weight excluding hydrogens is 1140 g/mol. The molecule has 4 rings (SSSR count). The van der Waals surface area contributed by atoms with E-state index in [0.29, 0.717) is 36.0 Å². The lowest BCUT2D eigenvalue weighted by atomic mass is 9.78. The second kappa shape index (κ2) is 39.0. The van der Waals surface area contributed by atoms with E-state index in [1.54, 1.807) is 23.5 Å². The maximum absolute atomic E-state index is 11.1. The summed E-state index contributed by atoms with van der Waals surface area (Å²) in [4.78, 5) is 36.0. The molecular formula is C73H122N4O9S2. The van der Waals surface area contributed by atoms with Gasteiger partial charge in [0, 0.05) is 54.4 Å². The molecule has 0 amide bonds. The van der Waals surface area contributed by atoms with Crippen molar-refractivity contribution in [2.75, 3.05) is 30.0 Å². The Hall–Kier alpha value is -4.57. The summed E-state index contributed by atoms with van der Waals surface area (Å²) in [7, 11) is 0. The Morgan fingerprint density at radius 2 is 0.659 bits per heavy atom. The highest BCUT2D eigenvalue weighted by Crippen LogP contribution is 2.44. The molecule has 0 saturated heterocycles. The van der Waals surface area contributed by atoms with Crippen LogP contribution >= 0.6 is 23.5 Å². The van der Waals surface area contributed by atoms with E-state index < -0.39 is 11.9 Å². The zero-order valence-electron chi connectivity index (χ0n) is 58.5. The van der Waals surface area contributed by atoms with Gasteiger partial charge in [-0.2, -0.15) is 15.0 Å². The van der Waals surface area contributed by atoms with Gasteiger partial charge in [-0.1, -0.05) is 263 Å². The fourth-order valence-electron chi connectivity index (χ4n) is 9.64. The van der Waals surface area contributed by atoms with Crippen LogP contribution in [-0.2, 0) is 54.9 Å². The molecule has 0 fully saturated rings. The number of benzene rings is 3. The van der Waals surface area contributed by atoms with Gasteiger partial charge in [0.05, 0.1) is 0 Å². The fourth-order valence-corrected chi connectivity index (χ4v) is 11.4. The summed E-state index contributed by atoms with van der Waals surface area (Å²) in [6.45, 7) is 42.5. The van der Waals surface area contributed by atoms with Gasteiger partial charge < -0.3 is 41.1 Å². The Morgan fingerprint density at radius 3 is 0.920 bits per heavy atom. The van der Waals surface area contributed by atoms with Crippen LogP contribution in [-0.4, -0.2) is 87.4 Å². The van der Waals surface area contributed by atoms with E-state index >= 15 is 0 Å². The second-order valence-electron chi connectivity index (χ2n) is 29.7. The number of anilines is 2. The molecule has 13 nitrogen and oxygen atoms in total. The highest BCUT2D eigenvalue weighted by Gasteiger charge is 2.30. The number of rotatable bonds is 29. The summed E-state index contributed by atoms with van der Waals surface area (Å²) >= 11 is 3.48. The Balaban J connectivity index is 0.000000673. The number of aromatic nitrogens is 3. The van der Waals surface area contributed by atoms with Crippen LogP contribution in [0.3, 0.4) is 0 Å². The molecule has 0 unspecified atom stereocenters. The maximum Gasteiger partial charge on any atom is 0.303 e. The Morgan fingerprint density at radius 1 is 0.398 bits per heavy atom. The lowest BCUT2D eigenvalue weighted by molar-refractivity contribution is -0.138. The Bertz CT molecular complexity index is 2440. The molecule has 88 heavy (non-hydrogen) atoms. The van der Waals surface area contributed by atoms with Crippen molar-refractivity contribution in [2.45, 2.75) is 310 Å². The lowest BCUT2D eigenvalue weighted by Crippen LogP contribution is -2.18. The van der Waals surface area contributed by atoms with Gasteiger partial charge in [-0.3, -0.25) is 9.59 Å². The molecule has 0 bridgehead atoms.